The molecule has 0 spiro atoms. The Morgan fingerprint density at radius 3 is 2.43 bits per heavy atom. The number of para-hydroxylation sites is 1. The van der Waals surface area contributed by atoms with E-state index >= 15 is 0 Å². The van der Waals surface area contributed by atoms with E-state index in [-0.39, 0.29) is 17.7 Å². The fraction of sp³-hybridized carbons (Fsp3) is 0.114. The van der Waals surface area contributed by atoms with Gasteiger partial charge in [-0.25, -0.2) is 14.5 Å². The number of ether oxygens (including phenoxy) is 2. The molecular weight excluding hydrogens is 624 g/mol. The van der Waals surface area contributed by atoms with Crippen LogP contribution in [-0.4, -0.2) is 32.9 Å². The fourth-order valence-corrected chi connectivity index (χ4v) is 6.34. The van der Waals surface area contributed by atoms with Gasteiger partial charge in [0.25, 0.3) is 5.56 Å². The van der Waals surface area contributed by atoms with Crippen LogP contribution in [0.25, 0.3) is 23.0 Å². The monoisotopic (exact) mass is 650 g/mol. The summed E-state index contributed by atoms with van der Waals surface area (Å²) in [6.07, 6.45) is 5.13. The Balaban J connectivity index is 1.53. The number of hydrogen-bond acceptors (Lipinski definition) is 8. The van der Waals surface area contributed by atoms with E-state index in [1.165, 1.54) is 28.9 Å². The predicted molar refractivity (Wildman–Crippen MR) is 177 cm³/mol. The topological polar surface area (TPSA) is 105 Å². The Bertz CT molecular complexity index is 2180. The van der Waals surface area contributed by atoms with Crippen molar-refractivity contribution >= 4 is 41.0 Å². The molecule has 6 rings (SSSR count). The van der Waals surface area contributed by atoms with E-state index < -0.39 is 18.0 Å². The first-order valence-corrected chi connectivity index (χ1v) is 15.4. The molecule has 0 fully saturated rings. The molecule has 1 atom stereocenters. The van der Waals surface area contributed by atoms with Crippen LogP contribution in [0.3, 0.4) is 0 Å². The summed E-state index contributed by atoms with van der Waals surface area (Å²) in [5.41, 5.74) is 3.97. The van der Waals surface area contributed by atoms with Crippen LogP contribution in [0.15, 0.2) is 119 Å². The van der Waals surface area contributed by atoms with Crippen LogP contribution in [0.1, 0.15) is 31.0 Å². The van der Waals surface area contributed by atoms with Crippen LogP contribution in [0.5, 0.6) is 5.75 Å². The zero-order valence-electron chi connectivity index (χ0n) is 24.8. The lowest BCUT2D eigenvalue weighted by Crippen LogP contribution is -2.39. The van der Waals surface area contributed by atoms with Crippen LogP contribution in [0.4, 0.5) is 0 Å². The van der Waals surface area contributed by atoms with Gasteiger partial charge in [-0.2, -0.15) is 5.10 Å². The molecule has 5 aromatic rings. The summed E-state index contributed by atoms with van der Waals surface area (Å²) in [5, 5.41) is 5.45. The number of esters is 2. The third-order valence-electron chi connectivity index (χ3n) is 7.20. The number of carbonyl (C=O) groups is 2. The molecule has 46 heavy (non-hydrogen) atoms. The van der Waals surface area contributed by atoms with Crippen molar-refractivity contribution in [2.24, 2.45) is 4.99 Å². The van der Waals surface area contributed by atoms with E-state index in [1.807, 2.05) is 48.7 Å². The number of allylic oxidation sites excluding steroid dienone is 1. The molecule has 0 saturated heterocycles. The van der Waals surface area contributed by atoms with E-state index in [0.717, 1.165) is 11.3 Å². The molecule has 1 aliphatic rings. The van der Waals surface area contributed by atoms with Gasteiger partial charge < -0.3 is 9.47 Å². The Hall–Kier alpha value is -5.32. The second-order valence-electron chi connectivity index (χ2n) is 10.4. The lowest BCUT2D eigenvalue weighted by atomic mass is 9.96. The summed E-state index contributed by atoms with van der Waals surface area (Å²) < 4.78 is 14.3. The minimum Gasteiger partial charge on any atom is -0.458 e. The molecule has 230 valence electrons. The molecule has 0 N–H and O–H groups in total. The SMILES string of the molecule is C=CCOC(=O)C1=C(C)N=c2s/c(=C\c3cn(-c4ccccc4)nc3-c3ccc(Cl)cc3)c(=O)n2[C@@H]1c1ccc(OC(C)=O)cc1. The molecule has 0 bridgehead atoms. The number of thiazole rings is 1. The quantitative estimate of drug-likeness (QED) is 0.127. The summed E-state index contributed by atoms with van der Waals surface area (Å²) >= 11 is 7.38. The Labute approximate surface area is 272 Å². The second-order valence-corrected chi connectivity index (χ2v) is 11.8. The van der Waals surface area contributed by atoms with Gasteiger partial charge in [0.1, 0.15) is 18.1 Å². The maximum Gasteiger partial charge on any atom is 0.338 e. The largest absolute Gasteiger partial charge is 0.458 e. The van der Waals surface area contributed by atoms with Crippen molar-refractivity contribution in [2.45, 2.75) is 19.9 Å². The average molecular weight is 651 g/mol. The van der Waals surface area contributed by atoms with E-state index in [4.69, 9.17) is 26.2 Å². The highest BCUT2D eigenvalue weighted by molar-refractivity contribution is 7.07. The van der Waals surface area contributed by atoms with Gasteiger partial charge in [0.15, 0.2) is 4.80 Å². The number of benzene rings is 3. The zero-order valence-corrected chi connectivity index (χ0v) is 26.4. The third-order valence-corrected chi connectivity index (χ3v) is 8.43. The van der Waals surface area contributed by atoms with E-state index in [0.29, 0.717) is 42.6 Å². The van der Waals surface area contributed by atoms with E-state index in [1.54, 1.807) is 54.1 Å². The molecule has 0 saturated carbocycles. The first kappa shape index (κ1) is 30.7. The number of rotatable bonds is 8. The molecule has 0 radical (unpaired) electrons. The highest BCUT2D eigenvalue weighted by Gasteiger charge is 2.33. The van der Waals surface area contributed by atoms with Crippen LogP contribution in [0, 0.1) is 0 Å². The lowest BCUT2D eigenvalue weighted by Gasteiger charge is -2.24. The molecule has 1 aliphatic heterocycles. The Morgan fingerprint density at radius 2 is 1.76 bits per heavy atom. The molecule has 3 heterocycles. The maximum absolute atomic E-state index is 14.2. The standard InChI is InChI=1S/C35H27ClN4O5S/c1-4-18-44-34(43)30-21(2)37-35-40(32(30)24-12-16-28(17-13-24)45-22(3)41)33(42)29(46-35)19-25-20-39(27-8-6-5-7-9-27)38-31(25)23-10-14-26(36)15-11-23/h4-17,19-20,32H,1,18H2,2-3H3/b29-19-/t32-/m1/s1. The van der Waals surface area contributed by atoms with Crippen LogP contribution >= 0.6 is 22.9 Å². The van der Waals surface area contributed by atoms with Crippen molar-refractivity contribution in [3.63, 3.8) is 0 Å². The van der Waals surface area contributed by atoms with Crippen LogP contribution < -0.4 is 19.6 Å². The summed E-state index contributed by atoms with van der Waals surface area (Å²) in [7, 11) is 0. The van der Waals surface area contributed by atoms with Crippen molar-refractivity contribution in [3.8, 4) is 22.7 Å². The van der Waals surface area contributed by atoms with Crippen LogP contribution in [0.2, 0.25) is 5.02 Å². The maximum atomic E-state index is 14.2. The molecule has 11 heteroatoms. The highest BCUT2D eigenvalue weighted by atomic mass is 35.5. The zero-order chi connectivity index (χ0) is 32.4. The van der Waals surface area contributed by atoms with Gasteiger partial charge in [0.05, 0.1) is 27.5 Å². The fourth-order valence-electron chi connectivity index (χ4n) is 5.17. The molecule has 0 amide bonds. The molecule has 3 aromatic carbocycles. The number of hydrogen-bond donors (Lipinski definition) is 0. The smallest absolute Gasteiger partial charge is 0.338 e. The number of aromatic nitrogens is 3. The number of nitrogens with zero attached hydrogens (tertiary/aromatic N) is 4. The Kier molecular flexibility index (Phi) is 8.65. The van der Waals surface area contributed by atoms with Crippen molar-refractivity contribution in [1.82, 2.24) is 14.3 Å². The molecular formula is C35H27ClN4O5S. The molecule has 0 aliphatic carbocycles. The van der Waals surface area contributed by atoms with Gasteiger partial charge in [0, 0.05) is 29.3 Å². The van der Waals surface area contributed by atoms with Crippen molar-refractivity contribution in [1.29, 1.82) is 0 Å². The van der Waals surface area contributed by atoms with E-state index in [9.17, 15) is 14.4 Å². The Morgan fingerprint density at radius 1 is 1.04 bits per heavy atom. The number of carbonyl (C=O) groups excluding carboxylic acids is 2. The van der Waals surface area contributed by atoms with Gasteiger partial charge in [-0.3, -0.25) is 14.2 Å². The van der Waals surface area contributed by atoms with Gasteiger partial charge in [-0.15, -0.1) is 0 Å². The number of fused-ring (bicyclic) bond motifs is 1. The normalized spacial score (nSPS) is 14.4. The first-order valence-electron chi connectivity index (χ1n) is 14.2. The lowest BCUT2D eigenvalue weighted by molar-refractivity contribution is -0.138. The van der Waals surface area contributed by atoms with Crippen LogP contribution in [-0.2, 0) is 14.3 Å². The molecule has 0 unspecified atom stereocenters. The van der Waals surface area contributed by atoms with Gasteiger partial charge >= 0.3 is 11.9 Å². The molecule has 2 aromatic heterocycles. The minimum atomic E-state index is -0.843. The third kappa shape index (κ3) is 6.13. The number of halogens is 1. The van der Waals surface area contributed by atoms with Gasteiger partial charge in [-0.05, 0) is 55.0 Å². The van der Waals surface area contributed by atoms with Gasteiger partial charge in [0.2, 0.25) is 0 Å². The highest BCUT2D eigenvalue weighted by Crippen LogP contribution is 2.32. The van der Waals surface area contributed by atoms with Crippen molar-refractivity contribution < 1.29 is 19.1 Å². The summed E-state index contributed by atoms with van der Waals surface area (Å²) in [4.78, 5) is 44.2. The van der Waals surface area contributed by atoms with Gasteiger partial charge in [-0.1, -0.05) is 78.1 Å². The summed E-state index contributed by atoms with van der Waals surface area (Å²) in [6.45, 7) is 6.65. The predicted octanol–water partition coefficient (Wildman–Crippen LogP) is 5.40. The summed E-state index contributed by atoms with van der Waals surface area (Å²) in [6, 6.07) is 22.8. The average Bonchev–Trinajstić information content (AvgIpc) is 3.60. The minimum absolute atomic E-state index is 0.00295. The summed E-state index contributed by atoms with van der Waals surface area (Å²) in [5.74, 6) is -0.734. The van der Waals surface area contributed by atoms with E-state index in [2.05, 4.69) is 11.6 Å². The molecule has 9 nitrogen and oxygen atoms in total. The first-order chi connectivity index (χ1) is 22.2. The van der Waals surface area contributed by atoms with Crippen molar-refractivity contribution in [2.75, 3.05) is 6.61 Å². The van der Waals surface area contributed by atoms with Crippen molar-refractivity contribution in [3.05, 3.63) is 145 Å². The second kappa shape index (κ2) is 13.0.